The summed E-state index contributed by atoms with van der Waals surface area (Å²) >= 11 is 0. The number of carbonyl (C=O) groups excluding carboxylic acids is 1. The van der Waals surface area contributed by atoms with E-state index >= 15 is 0 Å². The lowest BCUT2D eigenvalue weighted by molar-refractivity contribution is -0.122. The SMILES string of the molecule is NC(CCS(=O)(=O)O)C(=O)NC(c1ccccc1)c1ccccc1. The highest BCUT2D eigenvalue weighted by molar-refractivity contribution is 7.85. The average Bonchev–Trinajstić information content (AvgIpc) is 2.58. The van der Waals surface area contributed by atoms with Crippen LogP contribution in [0.4, 0.5) is 0 Å². The number of nitrogens with two attached hydrogens (primary N) is 1. The van der Waals surface area contributed by atoms with Crippen molar-refractivity contribution in [2.45, 2.75) is 18.5 Å². The molecule has 2 aromatic carbocycles. The molecule has 0 fully saturated rings. The Hall–Kier alpha value is -2.22. The molecule has 0 aromatic heterocycles. The monoisotopic (exact) mass is 348 g/mol. The first-order valence-electron chi connectivity index (χ1n) is 7.48. The minimum Gasteiger partial charge on any atom is -0.344 e. The number of hydrogen-bond acceptors (Lipinski definition) is 4. The third kappa shape index (κ3) is 5.45. The first-order chi connectivity index (χ1) is 11.4. The van der Waals surface area contributed by atoms with Gasteiger partial charge in [0.15, 0.2) is 0 Å². The lowest BCUT2D eigenvalue weighted by Gasteiger charge is -2.22. The molecule has 128 valence electrons. The fourth-order valence-corrected chi connectivity index (χ4v) is 2.86. The van der Waals surface area contributed by atoms with Crippen molar-refractivity contribution in [1.82, 2.24) is 5.32 Å². The quantitative estimate of drug-likeness (QED) is 0.657. The van der Waals surface area contributed by atoms with Crippen LogP contribution in [0.25, 0.3) is 0 Å². The lowest BCUT2D eigenvalue weighted by Crippen LogP contribution is -2.43. The normalized spacial score (nSPS) is 12.8. The Morgan fingerprint density at radius 1 is 1.00 bits per heavy atom. The Morgan fingerprint density at radius 3 is 1.88 bits per heavy atom. The number of rotatable bonds is 7. The predicted octanol–water partition coefficient (Wildman–Crippen LogP) is 1.50. The smallest absolute Gasteiger partial charge is 0.264 e. The second kappa shape index (κ2) is 8.05. The lowest BCUT2D eigenvalue weighted by atomic mass is 9.98. The Balaban J connectivity index is 2.15. The van der Waals surface area contributed by atoms with Gasteiger partial charge < -0.3 is 11.1 Å². The third-order valence-corrected chi connectivity index (χ3v) is 4.33. The maximum absolute atomic E-state index is 12.3. The molecule has 7 heteroatoms. The topological polar surface area (TPSA) is 109 Å². The van der Waals surface area contributed by atoms with Crippen LogP contribution in [0.1, 0.15) is 23.6 Å². The van der Waals surface area contributed by atoms with Crippen LogP contribution in [-0.4, -0.2) is 30.7 Å². The summed E-state index contributed by atoms with van der Waals surface area (Å²) in [6.07, 6.45) is -0.152. The highest BCUT2D eigenvalue weighted by Gasteiger charge is 2.22. The molecule has 2 aromatic rings. The zero-order valence-electron chi connectivity index (χ0n) is 13.0. The van der Waals surface area contributed by atoms with E-state index in [1.807, 2.05) is 60.7 Å². The van der Waals surface area contributed by atoms with Gasteiger partial charge in [-0.2, -0.15) is 8.42 Å². The third-order valence-electron chi connectivity index (χ3n) is 3.58. The van der Waals surface area contributed by atoms with Gasteiger partial charge >= 0.3 is 0 Å². The van der Waals surface area contributed by atoms with Crippen molar-refractivity contribution >= 4 is 16.0 Å². The van der Waals surface area contributed by atoms with Crippen molar-refractivity contribution in [2.75, 3.05) is 5.75 Å². The molecule has 0 saturated carbocycles. The number of benzene rings is 2. The first-order valence-corrected chi connectivity index (χ1v) is 9.09. The van der Waals surface area contributed by atoms with E-state index < -0.39 is 33.9 Å². The van der Waals surface area contributed by atoms with Gasteiger partial charge in [0.05, 0.1) is 17.8 Å². The van der Waals surface area contributed by atoms with Crippen molar-refractivity contribution in [3.05, 3.63) is 71.8 Å². The summed E-state index contributed by atoms with van der Waals surface area (Å²) in [5.41, 5.74) is 7.52. The van der Waals surface area contributed by atoms with E-state index in [-0.39, 0.29) is 6.42 Å². The molecule has 0 heterocycles. The van der Waals surface area contributed by atoms with Crippen molar-refractivity contribution in [3.8, 4) is 0 Å². The Bertz CT molecular complexity index is 724. The second-order valence-electron chi connectivity index (χ2n) is 5.44. The molecular weight excluding hydrogens is 328 g/mol. The Labute approximate surface area is 141 Å². The second-order valence-corrected chi connectivity index (χ2v) is 7.02. The summed E-state index contributed by atoms with van der Waals surface area (Å²) in [6.45, 7) is 0. The number of amides is 1. The van der Waals surface area contributed by atoms with E-state index in [1.54, 1.807) is 0 Å². The summed E-state index contributed by atoms with van der Waals surface area (Å²) < 4.78 is 30.4. The summed E-state index contributed by atoms with van der Waals surface area (Å²) in [4.78, 5) is 12.3. The number of hydrogen-bond donors (Lipinski definition) is 3. The van der Waals surface area contributed by atoms with Gasteiger partial charge in [-0.3, -0.25) is 9.35 Å². The van der Waals surface area contributed by atoms with Gasteiger partial charge in [0.25, 0.3) is 10.1 Å². The fourth-order valence-electron chi connectivity index (χ4n) is 2.31. The van der Waals surface area contributed by atoms with Crippen LogP contribution >= 0.6 is 0 Å². The fraction of sp³-hybridized carbons (Fsp3) is 0.235. The standard InChI is InChI=1S/C17H20N2O4S/c18-15(11-12-24(21,22)23)17(20)19-16(13-7-3-1-4-8-13)14-9-5-2-6-10-14/h1-10,15-16H,11-12,18H2,(H,19,20)(H,21,22,23). The molecule has 0 radical (unpaired) electrons. The van der Waals surface area contributed by atoms with Crippen LogP contribution < -0.4 is 11.1 Å². The molecule has 2 rings (SSSR count). The molecule has 1 atom stereocenters. The average molecular weight is 348 g/mol. The summed E-state index contributed by atoms with van der Waals surface area (Å²) in [5, 5.41) is 2.85. The van der Waals surface area contributed by atoms with Gasteiger partial charge in [0.2, 0.25) is 5.91 Å². The van der Waals surface area contributed by atoms with Gasteiger partial charge in [0, 0.05) is 0 Å². The van der Waals surface area contributed by atoms with Gasteiger partial charge in [0.1, 0.15) is 0 Å². The Morgan fingerprint density at radius 2 is 1.46 bits per heavy atom. The van der Waals surface area contributed by atoms with Crippen LogP contribution in [0.5, 0.6) is 0 Å². The highest BCUT2D eigenvalue weighted by Crippen LogP contribution is 2.21. The molecule has 0 spiro atoms. The van der Waals surface area contributed by atoms with E-state index in [4.69, 9.17) is 10.3 Å². The maximum atomic E-state index is 12.3. The minimum atomic E-state index is -4.15. The number of carbonyl (C=O) groups is 1. The molecular formula is C17H20N2O4S. The molecule has 1 amide bonds. The summed E-state index contributed by atoms with van der Waals surface area (Å²) in [5.74, 6) is -1.03. The van der Waals surface area contributed by atoms with Gasteiger partial charge in [-0.15, -0.1) is 0 Å². The molecule has 0 aliphatic heterocycles. The van der Waals surface area contributed by atoms with E-state index in [2.05, 4.69) is 5.32 Å². The Kier molecular flexibility index (Phi) is 6.08. The largest absolute Gasteiger partial charge is 0.344 e. The van der Waals surface area contributed by atoms with Crippen molar-refractivity contribution in [1.29, 1.82) is 0 Å². The first kappa shape index (κ1) is 18.1. The van der Waals surface area contributed by atoms with Crippen LogP contribution in [0.2, 0.25) is 0 Å². The zero-order chi connectivity index (χ0) is 17.6. The van der Waals surface area contributed by atoms with Crippen molar-refractivity contribution in [3.63, 3.8) is 0 Å². The molecule has 0 saturated heterocycles. The molecule has 6 nitrogen and oxygen atoms in total. The van der Waals surface area contributed by atoms with Crippen LogP contribution in [0.15, 0.2) is 60.7 Å². The molecule has 0 aliphatic rings. The molecule has 0 bridgehead atoms. The molecule has 24 heavy (non-hydrogen) atoms. The van der Waals surface area contributed by atoms with E-state index in [0.29, 0.717) is 0 Å². The summed E-state index contributed by atoms with van der Waals surface area (Å²) in [6, 6.07) is 17.4. The van der Waals surface area contributed by atoms with Crippen LogP contribution in [-0.2, 0) is 14.9 Å². The predicted molar refractivity (Wildman–Crippen MR) is 91.9 cm³/mol. The van der Waals surface area contributed by atoms with Crippen LogP contribution in [0.3, 0.4) is 0 Å². The molecule has 1 unspecified atom stereocenters. The van der Waals surface area contributed by atoms with Gasteiger partial charge in [-0.1, -0.05) is 60.7 Å². The minimum absolute atomic E-state index is 0.152. The van der Waals surface area contributed by atoms with Gasteiger partial charge in [-0.05, 0) is 17.5 Å². The van der Waals surface area contributed by atoms with E-state index in [1.165, 1.54) is 0 Å². The molecule has 0 aliphatic carbocycles. The number of nitrogens with one attached hydrogen (secondary N) is 1. The van der Waals surface area contributed by atoms with Crippen molar-refractivity contribution in [2.24, 2.45) is 5.73 Å². The summed E-state index contributed by atoms with van der Waals surface area (Å²) in [7, 11) is -4.15. The van der Waals surface area contributed by atoms with Gasteiger partial charge in [-0.25, -0.2) is 0 Å². The van der Waals surface area contributed by atoms with E-state index in [0.717, 1.165) is 11.1 Å². The molecule has 4 N–H and O–H groups in total. The maximum Gasteiger partial charge on any atom is 0.264 e. The zero-order valence-corrected chi connectivity index (χ0v) is 13.8. The van der Waals surface area contributed by atoms with E-state index in [9.17, 15) is 13.2 Å². The van der Waals surface area contributed by atoms with Crippen molar-refractivity contribution < 1.29 is 17.8 Å². The van der Waals surface area contributed by atoms with Crippen LogP contribution in [0, 0.1) is 0 Å². The highest BCUT2D eigenvalue weighted by atomic mass is 32.2.